The van der Waals surface area contributed by atoms with E-state index in [0.29, 0.717) is 17.9 Å². The fraction of sp³-hybridized carbons (Fsp3) is 0.294. The highest BCUT2D eigenvalue weighted by Crippen LogP contribution is 2.36. The third-order valence-corrected chi connectivity index (χ3v) is 3.48. The van der Waals surface area contributed by atoms with E-state index in [0.717, 1.165) is 17.5 Å². The van der Waals surface area contributed by atoms with Crippen LogP contribution in [0, 0.1) is 0 Å². The van der Waals surface area contributed by atoms with Crippen molar-refractivity contribution in [2.75, 3.05) is 21.3 Å². The van der Waals surface area contributed by atoms with E-state index < -0.39 is 0 Å². The molecule has 2 rings (SSSR count). The lowest BCUT2D eigenvalue weighted by atomic mass is 10.0. The molecule has 0 amide bonds. The molecule has 0 spiro atoms. The Balaban J connectivity index is 2.15. The van der Waals surface area contributed by atoms with Crippen molar-refractivity contribution in [2.45, 2.75) is 12.8 Å². The maximum Gasteiger partial charge on any atom is 0.200 e. The van der Waals surface area contributed by atoms with E-state index in [1.807, 2.05) is 18.2 Å². The maximum atomic E-state index is 9.69. The van der Waals surface area contributed by atoms with Gasteiger partial charge in [-0.1, -0.05) is 6.07 Å². The van der Waals surface area contributed by atoms with Gasteiger partial charge < -0.3 is 24.4 Å². The average molecular weight is 304 g/mol. The van der Waals surface area contributed by atoms with Crippen molar-refractivity contribution in [1.29, 1.82) is 0 Å². The van der Waals surface area contributed by atoms with Crippen molar-refractivity contribution in [2.24, 2.45) is 0 Å². The number of methoxy groups -OCH3 is 3. The molecule has 0 aliphatic rings. The lowest BCUT2D eigenvalue weighted by Gasteiger charge is -2.11. The summed E-state index contributed by atoms with van der Waals surface area (Å²) in [4.78, 5) is 0. The summed E-state index contributed by atoms with van der Waals surface area (Å²) >= 11 is 0. The fourth-order valence-electron chi connectivity index (χ4n) is 2.27. The number of hydrogen-bond donors (Lipinski definition) is 2. The van der Waals surface area contributed by atoms with Crippen molar-refractivity contribution in [3.63, 3.8) is 0 Å². The highest BCUT2D eigenvalue weighted by atomic mass is 16.5. The van der Waals surface area contributed by atoms with Crippen LogP contribution < -0.4 is 14.2 Å². The Morgan fingerprint density at radius 2 is 1.32 bits per heavy atom. The molecule has 0 aromatic heterocycles. The second kappa shape index (κ2) is 6.93. The standard InChI is InChI=1S/C17H20O5/c1-20-14-7-6-11(9-15(14)21-2)4-5-12-8-13(18)17(19)16(10-12)22-3/h6-10,18-19H,4-5H2,1-3H3. The molecule has 0 unspecified atom stereocenters. The summed E-state index contributed by atoms with van der Waals surface area (Å²) in [7, 11) is 4.65. The number of aryl methyl sites for hydroxylation is 2. The molecule has 5 heteroatoms. The van der Waals surface area contributed by atoms with E-state index in [2.05, 4.69) is 0 Å². The molecule has 0 heterocycles. The summed E-state index contributed by atoms with van der Waals surface area (Å²) in [5.41, 5.74) is 1.96. The van der Waals surface area contributed by atoms with Crippen LogP contribution in [0.15, 0.2) is 30.3 Å². The zero-order chi connectivity index (χ0) is 16.1. The minimum Gasteiger partial charge on any atom is -0.504 e. The molecule has 5 nitrogen and oxygen atoms in total. The first kappa shape index (κ1) is 15.8. The summed E-state index contributed by atoms with van der Waals surface area (Å²) in [6.45, 7) is 0. The lowest BCUT2D eigenvalue weighted by Crippen LogP contribution is -1.96. The van der Waals surface area contributed by atoms with Gasteiger partial charge in [0.05, 0.1) is 21.3 Å². The van der Waals surface area contributed by atoms with E-state index in [1.165, 1.54) is 7.11 Å². The predicted octanol–water partition coefficient (Wildman–Crippen LogP) is 2.91. The smallest absolute Gasteiger partial charge is 0.200 e. The number of phenolic OH excluding ortho intramolecular Hbond substituents is 2. The lowest BCUT2D eigenvalue weighted by molar-refractivity contribution is 0.350. The summed E-state index contributed by atoms with van der Waals surface area (Å²) in [6.07, 6.45) is 1.45. The van der Waals surface area contributed by atoms with E-state index in [9.17, 15) is 10.2 Å². The van der Waals surface area contributed by atoms with Crippen LogP contribution in [0.4, 0.5) is 0 Å². The molecule has 2 aromatic carbocycles. The van der Waals surface area contributed by atoms with Crippen molar-refractivity contribution < 1.29 is 24.4 Å². The van der Waals surface area contributed by atoms with E-state index in [-0.39, 0.29) is 17.2 Å². The molecule has 0 saturated heterocycles. The first-order chi connectivity index (χ1) is 10.6. The van der Waals surface area contributed by atoms with E-state index in [1.54, 1.807) is 26.4 Å². The van der Waals surface area contributed by atoms with E-state index in [4.69, 9.17) is 14.2 Å². The van der Waals surface area contributed by atoms with Gasteiger partial charge in [-0.25, -0.2) is 0 Å². The largest absolute Gasteiger partial charge is 0.504 e. The molecular formula is C17H20O5. The average Bonchev–Trinajstić information content (AvgIpc) is 2.55. The number of ether oxygens (including phenoxy) is 3. The Morgan fingerprint density at radius 3 is 1.95 bits per heavy atom. The number of hydrogen-bond acceptors (Lipinski definition) is 5. The van der Waals surface area contributed by atoms with Crippen LogP contribution in [-0.2, 0) is 12.8 Å². The minimum absolute atomic E-state index is 0.179. The Kier molecular flexibility index (Phi) is 4.99. The second-order valence-corrected chi connectivity index (χ2v) is 4.86. The number of rotatable bonds is 6. The van der Waals surface area contributed by atoms with Gasteiger partial charge in [0.25, 0.3) is 0 Å². The Labute approximate surface area is 129 Å². The predicted molar refractivity (Wildman–Crippen MR) is 83.3 cm³/mol. The third kappa shape index (κ3) is 3.36. The summed E-state index contributed by atoms with van der Waals surface area (Å²) in [5, 5.41) is 19.3. The molecule has 118 valence electrons. The molecule has 0 radical (unpaired) electrons. The number of aromatic hydroxyl groups is 2. The Morgan fingerprint density at radius 1 is 0.727 bits per heavy atom. The fourth-order valence-corrected chi connectivity index (χ4v) is 2.27. The zero-order valence-electron chi connectivity index (χ0n) is 12.9. The van der Waals surface area contributed by atoms with Gasteiger partial charge in [0.15, 0.2) is 23.0 Å². The topological polar surface area (TPSA) is 68.2 Å². The van der Waals surface area contributed by atoms with Crippen molar-refractivity contribution in [3.8, 4) is 28.7 Å². The van der Waals surface area contributed by atoms with E-state index >= 15 is 0 Å². The van der Waals surface area contributed by atoms with Crippen LogP contribution in [0.25, 0.3) is 0 Å². The van der Waals surface area contributed by atoms with Crippen molar-refractivity contribution >= 4 is 0 Å². The normalized spacial score (nSPS) is 10.3. The first-order valence-corrected chi connectivity index (χ1v) is 6.88. The molecular weight excluding hydrogens is 284 g/mol. The molecule has 22 heavy (non-hydrogen) atoms. The van der Waals surface area contributed by atoms with Gasteiger partial charge >= 0.3 is 0 Å². The van der Waals surface area contributed by atoms with Crippen molar-refractivity contribution in [3.05, 3.63) is 41.5 Å². The Bertz CT molecular complexity index is 652. The van der Waals surface area contributed by atoms with Gasteiger partial charge in [-0.3, -0.25) is 0 Å². The maximum absolute atomic E-state index is 9.69. The van der Waals surface area contributed by atoms with Crippen LogP contribution in [0.2, 0.25) is 0 Å². The van der Waals surface area contributed by atoms with Gasteiger partial charge in [0.1, 0.15) is 0 Å². The first-order valence-electron chi connectivity index (χ1n) is 6.88. The van der Waals surface area contributed by atoms with Gasteiger partial charge in [-0.15, -0.1) is 0 Å². The summed E-state index contributed by atoms with van der Waals surface area (Å²) < 4.78 is 15.5. The van der Waals surface area contributed by atoms with Crippen LogP contribution in [0.3, 0.4) is 0 Å². The van der Waals surface area contributed by atoms with Crippen LogP contribution in [-0.4, -0.2) is 31.5 Å². The molecule has 0 bridgehead atoms. The number of phenols is 2. The molecule has 0 saturated carbocycles. The van der Waals surface area contributed by atoms with Gasteiger partial charge in [-0.05, 0) is 48.2 Å². The van der Waals surface area contributed by atoms with Crippen molar-refractivity contribution in [1.82, 2.24) is 0 Å². The molecule has 0 aliphatic carbocycles. The summed E-state index contributed by atoms with van der Waals surface area (Å²) in [5.74, 6) is 1.22. The Hall–Kier alpha value is -2.56. The van der Waals surface area contributed by atoms with Gasteiger partial charge in [0.2, 0.25) is 5.75 Å². The molecule has 2 N–H and O–H groups in total. The quantitative estimate of drug-likeness (QED) is 0.803. The van der Waals surface area contributed by atoms with Crippen LogP contribution in [0.5, 0.6) is 28.7 Å². The number of benzene rings is 2. The highest BCUT2D eigenvalue weighted by molar-refractivity contribution is 5.52. The SMILES string of the molecule is COc1ccc(CCc2cc(O)c(O)c(OC)c2)cc1OC. The molecule has 2 aromatic rings. The van der Waals surface area contributed by atoms with Crippen LogP contribution in [0.1, 0.15) is 11.1 Å². The highest BCUT2D eigenvalue weighted by Gasteiger charge is 2.10. The minimum atomic E-state index is -0.239. The van der Waals surface area contributed by atoms with Crippen LogP contribution >= 0.6 is 0 Å². The van der Waals surface area contributed by atoms with Gasteiger partial charge in [-0.2, -0.15) is 0 Å². The van der Waals surface area contributed by atoms with Gasteiger partial charge in [0, 0.05) is 0 Å². The molecule has 0 atom stereocenters. The second-order valence-electron chi connectivity index (χ2n) is 4.86. The zero-order valence-corrected chi connectivity index (χ0v) is 12.9. The summed E-state index contributed by atoms with van der Waals surface area (Å²) in [6, 6.07) is 9.02. The monoisotopic (exact) mass is 304 g/mol. The molecule has 0 fully saturated rings. The molecule has 0 aliphatic heterocycles. The third-order valence-electron chi connectivity index (χ3n) is 3.48.